The van der Waals surface area contributed by atoms with Gasteiger partial charge in [-0.3, -0.25) is 0 Å². The zero-order valence-electron chi connectivity index (χ0n) is 11.8. The van der Waals surface area contributed by atoms with Crippen molar-refractivity contribution in [2.75, 3.05) is 14.2 Å². The Morgan fingerprint density at radius 1 is 1.15 bits per heavy atom. The van der Waals surface area contributed by atoms with E-state index in [9.17, 15) is 9.59 Å². The molecule has 6 heteroatoms. The number of hydrogen-bond acceptors (Lipinski definition) is 6. The quantitative estimate of drug-likeness (QED) is 0.788. The minimum atomic E-state index is -0.715. The second kappa shape index (κ2) is 6.54. The van der Waals surface area contributed by atoms with Crippen molar-refractivity contribution in [1.82, 2.24) is 4.98 Å². The Morgan fingerprint density at radius 3 is 2.40 bits per heavy atom. The first-order valence-electron chi connectivity index (χ1n) is 6.82. The Labute approximate surface area is 117 Å². The minimum absolute atomic E-state index is 0.106. The average molecular weight is 281 g/mol. The van der Waals surface area contributed by atoms with Gasteiger partial charge in [0.25, 0.3) is 0 Å². The number of ether oxygens (including phenoxy) is 2. The highest BCUT2D eigenvalue weighted by Crippen LogP contribution is 2.27. The summed E-state index contributed by atoms with van der Waals surface area (Å²) in [5, 5.41) is 0. The van der Waals surface area contributed by atoms with Gasteiger partial charge >= 0.3 is 11.9 Å². The second-order valence-electron chi connectivity index (χ2n) is 4.98. The van der Waals surface area contributed by atoms with E-state index in [1.165, 1.54) is 33.5 Å². The van der Waals surface area contributed by atoms with Crippen LogP contribution in [0.15, 0.2) is 4.42 Å². The molecule has 1 fully saturated rings. The lowest BCUT2D eigenvalue weighted by Gasteiger charge is -2.19. The fraction of sp³-hybridized carbons (Fsp3) is 0.643. The van der Waals surface area contributed by atoms with E-state index in [0.717, 1.165) is 12.8 Å². The predicted molar refractivity (Wildman–Crippen MR) is 69.5 cm³/mol. The molecule has 0 spiro atoms. The zero-order valence-corrected chi connectivity index (χ0v) is 11.8. The minimum Gasteiger partial charge on any atom is -0.464 e. The molecular weight excluding hydrogens is 262 g/mol. The third kappa shape index (κ3) is 3.18. The van der Waals surface area contributed by atoms with Gasteiger partial charge in [0.1, 0.15) is 0 Å². The van der Waals surface area contributed by atoms with Gasteiger partial charge in [0, 0.05) is 6.42 Å². The molecule has 0 N–H and O–H groups in total. The molecule has 0 radical (unpaired) electrons. The van der Waals surface area contributed by atoms with Gasteiger partial charge in [0.15, 0.2) is 5.89 Å². The van der Waals surface area contributed by atoms with Crippen molar-refractivity contribution in [2.24, 2.45) is 5.92 Å². The smallest absolute Gasteiger partial charge is 0.376 e. The van der Waals surface area contributed by atoms with E-state index in [0.29, 0.717) is 18.2 Å². The lowest BCUT2D eigenvalue weighted by molar-refractivity contribution is 0.0525. The third-order valence-electron chi connectivity index (χ3n) is 3.61. The monoisotopic (exact) mass is 281 g/mol. The van der Waals surface area contributed by atoms with Crippen molar-refractivity contribution in [2.45, 2.75) is 38.5 Å². The summed E-state index contributed by atoms with van der Waals surface area (Å²) in [6.45, 7) is 0. The van der Waals surface area contributed by atoms with Crippen LogP contribution in [-0.2, 0) is 15.9 Å². The summed E-state index contributed by atoms with van der Waals surface area (Å²) in [5.74, 6) is -0.682. The van der Waals surface area contributed by atoms with Gasteiger partial charge in [-0.15, -0.1) is 0 Å². The van der Waals surface area contributed by atoms with E-state index in [1.807, 2.05) is 0 Å². The molecule has 0 unspecified atom stereocenters. The van der Waals surface area contributed by atoms with Crippen molar-refractivity contribution in [3.05, 3.63) is 17.3 Å². The van der Waals surface area contributed by atoms with Crippen molar-refractivity contribution in [3.63, 3.8) is 0 Å². The fourth-order valence-corrected chi connectivity index (χ4v) is 2.56. The number of oxazole rings is 1. The van der Waals surface area contributed by atoms with Gasteiger partial charge in [0.05, 0.1) is 14.2 Å². The van der Waals surface area contributed by atoms with Crippen LogP contribution in [0.25, 0.3) is 0 Å². The molecule has 0 bridgehead atoms. The van der Waals surface area contributed by atoms with Crippen LogP contribution in [0.4, 0.5) is 0 Å². The lowest BCUT2D eigenvalue weighted by atomic mass is 9.87. The zero-order chi connectivity index (χ0) is 14.5. The number of carbonyl (C=O) groups excluding carboxylic acids is 2. The largest absolute Gasteiger partial charge is 0.464 e. The molecule has 0 atom stereocenters. The van der Waals surface area contributed by atoms with E-state index in [4.69, 9.17) is 4.42 Å². The molecule has 6 nitrogen and oxygen atoms in total. The van der Waals surface area contributed by atoms with Crippen LogP contribution >= 0.6 is 0 Å². The SMILES string of the molecule is COC(=O)c1nc(CC2CCCCC2)oc1C(=O)OC. The van der Waals surface area contributed by atoms with E-state index in [-0.39, 0.29) is 11.5 Å². The average Bonchev–Trinajstić information content (AvgIpc) is 2.90. The van der Waals surface area contributed by atoms with Crippen LogP contribution in [0.2, 0.25) is 0 Å². The lowest BCUT2D eigenvalue weighted by Crippen LogP contribution is -2.10. The van der Waals surface area contributed by atoms with Crippen molar-refractivity contribution < 1.29 is 23.5 Å². The van der Waals surface area contributed by atoms with Gasteiger partial charge in [-0.25, -0.2) is 14.6 Å². The fourth-order valence-electron chi connectivity index (χ4n) is 2.56. The van der Waals surface area contributed by atoms with Gasteiger partial charge in [0.2, 0.25) is 11.5 Å². The van der Waals surface area contributed by atoms with E-state index >= 15 is 0 Å². The van der Waals surface area contributed by atoms with Crippen LogP contribution in [0.5, 0.6) is 0 Å². The molecule has 20 heavy (non-hydrogen) atoms. The van der Waals surface area contributed by atoms with Gasteiger partial charge in [-0.2, -0.15) is 0 Å². The number of aromatic nitrogens is 1. The van der Waals surface area contributed by atoms with Crippen molar-refractivity contribution in [3.8, 4) is 0 Å². The maximum atomic E-state index is 11.6. The van der Waals surface area contributed by atoms with Gasteiger partial charge < -0.3 is 13.9 Å². The van der Waals surface area contributed by atoms with Crippen molar-refractivity contribution >= 4 is 11.9 Å². The van der Waals surface area contributed by atoms with E-state index in [1.54, 1.807) is 0 Å². The molecule has 0 aliphatic heterocycles. The molecule has 0 saturated heterocycles. The maximum Gasteiger partial charge on any atom is 0.376 e. The topological polar surface area (TPSA) is 78.6 Å². The van der Waals surface area contributed by atoms with Crippen LogP contribution in [-0.4, -0.2) is 31.1 Å². The Balaban J connectivity index is 2.19. The van der Waals surface area contributed by atoms with Crippen LogP contribution in [0.3, 0.4) is 0 Å². The molecule has 1 heterocycles. The first kappa shape index (κ1) is 14.6. The number of nitrogens with zero attached hydrogens (tertiary/aromatic N) is 1. The van der Waals surface area contributed by atoms with Gasteiger partial charge in [-0.1, -0.05) is 19.3 Å². The molecule has 1 aromatic rings. The molecule has 2 rings (SSSR count). The number of hydrogen-bond donors (Lipinski definition) is 0. The number of esters is 2. The normalized spacial score (nSPS) is 15.9. The summed E-state index contributed by atoms with van der Waals surface area (Å²) < 4.78 is 14.6. The molecular formula is C14H19NO5. The van der Waals surface area contributed by atoms with E-state index in [2.05, 4.69) is 14.5 Å². The molecule has 0 amide bonds. The Morgan fingerprint density at radius 2 is 1.80 bits per heavy atom. The molecule has 1 aliphatic rings. The first-order chi connectivity index (χ1) is 9.65. The predicted octanol–water partition coefficient (Wildman–Crippen LogP) is 2.37. The van der Waals surface area contributed by atoms with Crippen LogP contribution < -0.4 is 0 Å². The standard InChI is InChI=1S/C14H19NO5/c1-18-13(16)11-12(14(17)19-2)20-10(15-11)8-9-6-4-3-5-7-9/h9H,3-8H2,1-2H3. The molecule has 1 saturated carbocycles. The van der Waals surface area contributed by atoms with Crippen molar-refractivity contribution in [1.29, 1.82) is 0 Å². The van der Waals surface area contributed by atoms with E-state index < -0.39 is 11.9 Å². The number of rotatable bonds is 4. The molecule has 1 aliphatic carbocycles. The highest BCUT2D eigenvalue weighted by atomic mass is 16.5. The molecule has 1 aromatic heterocycles. The van der Waals surface area contributed by atoms with Gasteiger partial charge in [-0.05, 0) is 18.8 Å². The summed E-state index contributed by atoms with van der Waals surface area (Å²) in [4.78, 5) is 27.3. The van der Waals surface area contributed by atoms with Crippen LogP contribution in [0.1, 0.15) is 59.0 Å². The maximum absolute atomic E-state index is 11.6. The number of methoxy groups -OCH3 is 2. The summed E-state index contributed by atoms with van der Waals surface area (Å²) in [6.07, 6.45) is 6.58. The van der Waals surface area contributed by atoms with Crippen LogP contribution in [0, 0.1) is 5.92 Å². The summed E-state index contributed by atoms with van der Waals surface area (Å²) >= 11 is 0. The summed E-state index contributed by atoms with van der Waals surface area (Å²) in [7, 11) is 2.46. The highest BCUT2D eigenvalue weighted by molar-refractivity contribution is 5.99. The molecule has 0 aromatic carbocycles. The first-order valence-corrected chi connectivity index (χ1v) is 6.82. The Kier molecular flexibility index (Phi) is 4.76. The third-order valence-corrected chi connectivity index (χ3v) is 3.61. The highest BCUT2D eigenvalue weighted by Gasteiger charge is 2.28. The molecule has 110 valence electrons. The summed E-state index contributed by atoms with van der Waals surface area (Å²) in [6, 6.07) is 0. The Hall–Kier alpha value is -1.85. The number of carbonyl (C=O) groups is 2. The Bertz CT molecular complexity index is 454. The second-order valence-corrected chi connectivity index (χ2v) is 4.98. The summed E-state index contributed by atoms with van der Waals surface area (Å²) in [5.41, 5.74) is -0.106.